The molecule has 2 aromatic rings. The van der Waals surface area contributed by atoms with Crippen molar-refractivity contribution in [2.75, 3.05) is 5.73 Å². The van der Waals surface area contributed by atoms with Crippen LogP contribution in [0.1, 0.15) is 5.69 Å². The molecule has 0 atom stereocenters. The fourth-order valence-corrected chi connectivity index (χ4v) is 1.40. The number of nitrogens with zero attached hydrogens (tertiary/aromatic N) is 1. The molecule has 78 valence electrons. The van der Waals surface area contributed by atoms with Gasteiger partial charge in [0.05, 0.1) is 5.56 Å². The first-order valence-electron chi connectivity index (χ1n) is 4.42. The molecule has 0 aliphatic rings. The lowest BCUT2D eigenvalue weighted by molar-refractivity contribution is 0.428. The molecule has 0 saturated heterocycles. The first kappa shape index (κ1) is 9.67. The normalized spacial score (nSPS) is 10.5. The topological polar surface area (TPSA) is 78.1 Å². The molecule has 0 fully saturated rings. The summed E-state index contributed by atoms with van der Waals surface area (Å²) in [4.78, 5) is 0. The van der Waals surface area contributed by atoms with E-state index < -0.39 is 0 Å². The van der Waals surface area contributed by atoms with Crippen molar-refractivity contribution in [3.05, 3.63) is 35.8 Å². The number of nitrogens with two attached hydrogens (primary N) is 2. The van der Waals surface area contributed by atoms with E-state index in [1.807, 2.05) is 0 Å². The largest absolute Gasteiger partial charge is 0.367 e. The standard InChI is InChI=1S/C10H10FN3O/c11-7-3-1-6(2-4-7)9-8(5-12)14-15-10(9)13/h1-4H,5,12-13H2. The highest BCUT2D eigenvalue weighted by molar-refractivity contribution is 5.74. The fourth-order valence-electron chi connectivity index (χ4n) is 1.40. The Morgan fingerprint density at radius 1 is 1.27 bits per heavy atom. The van der Waals surface area contributed by atoms with Gasteiger partial charge in [-0.2, -0.15) is 0 Å². The number of hydrogen-bond donors (Lipinski definition) is 2. The minimum atomic E-state index is -0.303. The summed E-state index contributed by atoms with van der Waals surface area (Å²) < 4.78 is 17.5. The van der Waals surface area contributed by atoms with Crippen molar-refractivity contribution in [1.29, 1.82) is 0 Å². The van der Waals surface area contributed by atoms with E-state index in [9.17, 15) is 4.39 Å². The van der Waals surface area contributed by atoms with Gasteiger partial charge >= 0.3 is 0 Å². The zero-order chi connectivity index (χ0) is 10.8. The Morgan fingerprint density at radius 2 is 1.93 bits per heavy atom. The van der Waals surface area contributed by atoms with Crippen molar-refractivity contribution < 1.29 is 8.91 Å². The van der Waals surface area contributed by atoms with Gasteiger partial charge in [-0.05, 0) is 17.7 Å². The lowest BCUT2D eigenvalue weighted by Gasteiger charge is -2.00. The van der Waals surface area contributed by atoms with Crippen LogP contribution in [-0.2, 0) is 6.54 Å². The van der Waals surface area contributed by atoms with Crippen LogP contribution in [0.3, 0.4) is 0 Å². The smallest absolute Gasteiger partial charge is 0.230 e. The highest BCUT2D eigenvalue weighted by Gasteiger charge is 2.14. The van der Waals surface area contributed by atoms with Crippen LogP contribution >= 0.6 is 0 Å². The minimum absolute atomic E-state index is 0.196. The zero-order valence-electron chi connectivity index (χ0n) is 7.90. The third-order valence-electron chi connectivity index (χ3n) is 2.12. The van der Waals surface area contributed by atoms with Crippen molar-refractivity contribution >= 4 is 5.88 Å². The minimum Gasteiger partial charge on any atom is -0.367 e. The summed E-state index contributed by atoms with van der Waals surface area (Å²) in [5, 5.41) is 3.71. The van der Waals surface area contributed by atoms with Gasteiger partial charge in [-0.15, -0.1) is 0 Å². The molecule has 0 spiro atoms. The van der Waals surface area contributed by atoms with Crippen LogP contribution in [0.4, 0.5) is 10.3 Å². The van der Waals surface area contributed by atoms with Crippen molar-refractivity contribution in [3.8, 4) is 11.1 Å². The molecule has 15 heavy (non-hydrogen) atoms. The summed E-state index contributed by atoms with van der Waals surface area (Å²) in [6.07, 6.45) is 0. The average Bonchev–Trinajstić information content (AvgIpc) is 2.61. The Bertz CT molecular complexity index is 464. The monoisotopic (exact) mass is 207 g/mol. The van der Waals surface area contributed by atoms with Crippen molar-refractivity contribution in [1.82, 2.24) is 5.16 Å². The zero-order valence-corrected chi connectivity index (χ0v) is 7.90. The van der Waals surface area contributed by atoms with Gasteiger partial charge in [0.25, 0.3) is 0 Å². The molecule has 2 rings (SSSR count). The molecule has 0 saturated carbocycles. The fraction of sp³-hybridized carbons (Fsp3) is 0.100. The molecule has 0 bridgehead atoms. The molecular weight excluding hydrogens is 197 g/mol. The van der Waals surface area contributed by atoms with E-state index in [0.717, 1.165) is 5.56 Å². The van der Waals surface area contributed by atoms with Gasteiger partial charge in [-0.3, -0.25) is 0 Å². The van der Waals surface area contributed by atoms with Crippen molar-refractivity contribution in [3.63, 3.8) is 0 Å². The number of hydrogen-bond acceptors (Lipinski definition) is 4. The summed E-state index contributed by atoms with van der Waals surface area (Å²) in [7, 11) is 0. The van der Waals surface area contributed by atoms with E-state index in [4.69, 9.17) is 16.0 Å². The maximum Gasteiger partial charge on any atom is 0.230 e. The van der Waals surface area contributed by atoms with Gasteiger partial charge in [-0.1, -0.05) is 17.3 Å². The Hall–Kier alpha value is -1.88. The molecule has 4 N–H and O–H groups in total. The maximum absolute atomic E-state index is 12.7. The van der Waals surface area contributed by atoms with E-state index in [1.54, 1.807) is 12.1 Å². The van der Waals surface area contributed by atoms with E-state index >= 15 is 0 Å². The molecule has 0 aliphatic heterocycles. The maximum atomic E-state index is 12.7. The van der Waals surface area contributed by atoms with Gasteiger partial charge < -0.3 is 16.0 Å². The van der Waals surface area contributed by atoms with Gasteiger partial charge in [0.2, 0.25) is 5.88 Å². The van der Waals surface area contributed by atoms with Gasteiger partial charge in [0.1, 0.15) is 11.5 Å². The predicted octanol–water partition coefficient (Wildman–Crippen LogP) is 1.52. The van der Waals surface area contributed by atoms with Gasteiger partial charge in [0, 0.05) is 6.54 Å². The molecular formula is C10H10FN3O. The second kappa shape index (κ2) is 3.70. The first-order chi connectivity index (χ1) is 7.22. The summed E-state index contributed by atoms with van der Waals surface area (Å²) in [5.41, 5.74) is 13.0. The van der Waals surface area contributed by atoms with Gasteiger partial charge in [-0.25, -0.2) is 4.39 Å². The lowest BCUT2D eigenvalue weighted by atomic mass is 10.1. The Morgan fingerprint density at radius 3 is 2.53 bits per heavy atom. The number of anilines is 1. The Balaban J connectivity index is 2.52. The number of aromatic nitrogens is 1. The molecule has 0 unspecified atom stereocenters. The van der Waals surface area contributed by atoms with E-state index in [0.29, 0.717) is 11.3 Å². The molecule has 1 aromatic carbocycles. The van der Waals surface area contributed by atoms with Crippen LogP contribution in [0.15, 0.2) is 28.8 Å². The molecule has 1 heterocycles. The third-order valence-corrected chi connectivity index (χ3v) is 2.12. The molecule has 1 aromatic heterocycles. The molecule has 5 heteroatoms. The third kappa shape index (κ3) is 1.69. The lowest BCUT2D eigenvalue weighted by Crippen LogP contribution is -1.99. The van der Waals surface area contributed by atoms with Crippen LogP contribution < -0.4 is 11.5 Å². The molecule has 0 radical (unpaired) electrons. The highest BCUT2D eigenvalue weighted by Crippen LogP contribution is 2.29. The summed E-state index contributed by atoms with van der Waals surface area (Å²) in [5.74, 6) is -0.106. The van der Waals surface area contributed by atoms with Crippen LogP contribution in [-0.4, -0.2) is 5.16 Å². The van der Waals surface area contributed by atoms with Gasteiger partial charge in [0.15, 0.2) is 0 Å². The molecule has 0 amide bonds. The quantitative estimate of drug-likeness (QED) is 0.782. The average molecular weight is 207 g/mol. The number of benzene rings is 1. The van der Waals surface area contributed by atoms with Crippen LogP contribution in [0, 0.1) is 5.82 Å². The van der Waals surface area contributed by atoms with Crippen LogP contribution in [0.5, 0.6) is 0 Å². The van der Waals surface area contributed by atoms with E-state index in [2.05, 4.69) is 5.16 Å². The van der Waals surface area contributed by atoms with E-state index in [1.165, 1.54) is 12.1 Å². The number of halogens is 1. The van der Waals surface area contributed by atoms with Crippen molar-refractivity contribution in [2.24, 2.45) is 5.73 Å². The second-order valence-corrected chi connectivity index (χ2v) is 3.08. The van der Waals surface area contributed by atoms with Crippen LogP contribution in [0.2, 0.25) is 0 Å². The summed E-state index contributed by atoms with van der Waals surface area (Å²) >= 11 is 0. The SMILES string of the molecule is NCc1noc(N)c1-c1ccc(F)cc1. The highest BCUT2D eigenvalue weighted by atomic mass is 19.1. The number of rotatable bonds is 2. The second-order valence-electron chi connectivity index (χ2n) is 3.08. The van der Waals surface area contributed by atoms with Crippen molar-refractivity contribution in [2.45, 2.75) is 6.54 Å². The molecule has 4 nitrogen and oxygen atoms in total. The molecule has 0 aliphatic carbocycles. The first-order valence-corrected chi connectivity index (χ1v) is 4.42. The van der Waals surface area contributed by atoms with Crippen LogP contribution in [0.25, 0.3) is 11.1 Å². The summed E-state index contributed by atoms with van der Waals surface area (Å²) in [6, 6.07) is 5.92. The summed E-state index contributed by atoms with van der Waals surface area (Å²) in [6.45, 7) is 0.230. The Kier molecular flexibility index (Phi) is 2.39. The number of nitrogen functional groups attached to an aromatic ring is 1. The predicted molar refractivity (Wildman–Crippen MR) is 54.2 cm³/mol. The van der Waals surface area contributed by atoms with E-state index in [-0.39, 0.29) is 18.2 Å². The Labute approximate surface area is 85.7 Å².